The first kappa shape index (κ1) is 21.3. The molecule has 142 valence electrons. The van der Waals surface area contributed by atoms with Gasteiger partial charge in [0.15, 0.2) is 5.96 Å². The van der Waals surface area contributed by atoms with E-state index in [-0.39, 0.29) is 0 Å². The molecule has 2 N–H and O–H groups in total. The van der Waals surface area contributed by atoms with Gasteiger partial charge in [-0.05, 0) is 18.4 Å². The Kier molecular flexibility index (Phi) is 11.5. The number of benzene rings is 1. The van der Waals surface area contributed by atoms with Crippen molar-refractivity contribution < 1.29 is 14.2 Å². The first-order valence-electron chi connectivity index (χ1n) is 8.89. The highest BCUT2D eigenvalue weighted by molar-refractivity contribution is 5.79. The van der Waals surface area contributed by atoms with Crippen molar-refractivity contribution in [2.45, 2.75) is 26.8 Å². The molecule has 0 atom stereocenters. The van der Waals surface area contributed by atoms with Gasteiger partial charge in [0.2, 0.25) is 0 Å². The summed E-state index contributed by atoms with van der Waals surface area (Å²) in [4.78, 5) is 4.25. The van der Waals surface area contributed by atoms with Crippen molar-refractivity contribution in [3.8, 4) is 5.75 Å². The van der Waals surface area contributed by atoms with Crippen LogP contribution in [-0.2, 0) is 16.0 Å². The quantitative estimate of drug-likeness (QED) is 0.344. The molecule has 0 radical (unpaired) electrons. The Labute approximate surface area is 152 Å². The van der Waals surface area contributed by atoms with Crippen molar-refractivity contribution in [2.75, 3.05) is 47.1 Å². The minimum absolute atomic E-state index is 0.501. The van der Waals surface area contributed by atoms with Crippen LogP contribution in [0.1, 0.15) is 25.8 Å². The van der Waals surface area contributed by atoms with E-state index in [0.29, 0.717) is 38.9 Å². The van der Waals surface area contributed by atoms with Crippen LogP contribution in [0.25, 0.3) is 0 Å². The van der Waals surface area contributed by atoms with Crippen molar-refractivity contribution in [3.05, 3.63) is 29.8 Å². The van der Waals surface area contributed by atoms with E-state index in [1.54, 1.807) is 14.2 Å². The summed E-state index contributed by atoms with van der Waals surface area (Å²) in [5.74, 6) is 2.20. The SMILES string of the molecule is CN=C(NCCCOCCOC)NCc1ccccc1OCC(C)C. The van der Waals surface area contributed by atoms with Gasteiger partial charge in [0.05, 0.1) is 19.8 Å². The summed E-state index contributed by atoms with van der Waals surface area (Å²) in [5.41, 5.74) is 1.12. The van der Waals surface area contributed by atoms with E-state index in [1.165, 1.54) is 0 Å². The summed E-state index contributed by atoms with van der Waals surface area (Å²) in [5, 5.41) is 6.61. The Morgan fingerprint density at radius 1 is 1.12 bits per heavy atom. The zero-order valence-corrected chi connectivity index (χ0v) is 16.0. The second-order valence-electron chi connectivity index (χ2n) is 6.12. The largest absolute Gasteiger partial charge is 0.493 e. The zero-order valence-electron chi connectivity index (χ0n) is 16.0. The predicted octanol–water partition coefficient (Wildman–Crippen LogP) is 2.44. The Morgan fingerprint density at radius 3 is 2.64 bits per heavy atom. The fourth-order valence-corrected chi connectivity index (χ4v) is 2.07. The van der Waals surface area contributed by atoms with Crippen molar-refractivity contribution in [1.29, 1.82) is 0 Å². The number of hydrogen-bond donors (Lipinski definition) is 2. The van der Waals surface area contributed by atoms with Gasteiger partial charge in [-0.2, -0.15) is 0 Å². The summed E-state index contributed by atoms with van der Waals surface area (Å²) >= 11 is 0. The zero-order chi connectivity index (χ0) is 18.3. The Morgan fingerprint density at radius 2 is 1.92 bits per heavy atom. The third-order valence-corrected chi connectivity index (χ3v) is 3.40. The van der Waals surface area contributed by atoms with Gasteiger partial charge in [0.25, 0.3) is 0 Å². The molecule has 0 fully saturated rings. The van der Waals surface area contributed by atoms with E-state index in [1.807, 2.05) is 18.2 Å². The minimum Gasteiger partial charge on any atom is -0.493 e. The average molecular weight is 351 g/mol. The van der Waals surface area contributed by atoms with Gasteiger partial charge in [-0.25, -0.2) is 0 Å². The number of aliphatic imine (C=N–C) groups is 1. The summed E-state index contributed by atoms with van der Waals surface area (Å²) < 4.78 is 16.3. The molecule has 1 aromatic carbocycles. The van der Waals surface area contributed by atoms with Crippen molar-refractivity contribution in [1.82, 2.24) is 10.6 Å². The summed E-state index contributed by atoms with van der Waals surface area (Å²) in [6, 6.07) is 8.09. The number of ether oxygens (including phenoxy) is 3. The van der Waals surface area contributed by atoms with E-state index in [9.17, 15) is 0 Å². The standard InChI is InChI=1S/C19H33N3O3/c1-16(2)15-25-18-9-6-5-8-17(18)14-22-19(20-3)21-10-7-11-24-13-12-23-4/h5-6,8-9,16H,7,10-15H2,1-4H3,(H2,20,21,22). The maximum atomic E-state index is 5.88. The highest BCUT2D eigenvalue weighted by atomic mass is 16.5. The molecule has 0 aliphatic rings. The smallest absolute Gasteiger partial charge is 0.191 e. The number of nitrogens with zero attached hydrogens (tertiary/aromatic N) is 1. The van der Waals surface area contributed by atoms with E-state index < -0.39 is 0 Å². The molecule has 25 heavy (non-hydrogen) atoms. The van der Waals surface area contributed by atoms with Crippen molar-refractivity contribution >= 4 is 5.96 Å². The molecule has 0 saturated carbocycles. The molecular weight excluding hydrogens is 318 g/mol. The molecule has 0 bridgehead atoms. The van der Waals surface area contributed by atoms with Gasteiger partial charge in [0.1, 0.15) is 5.75 Å². The van der Waals surface area contributed by atoms with Crippen LogP contribution in [0.15, 0.2) is 29.3 Å². The number of rotatable bonds is 12. The molecule has 0 aliphatic heterocycles. The number of hydrogen-bond acceptors (Lipinski definition) is 4. The van der Waals surface area contributed by atoms with Crippen LogP contribution >= 0.6 is 0 Å². The number of guanidine groups is 1. The first-order chi connectivity index (χ1) is 12.2. The third kappa shape index (κ3) is 9.94. The fourth-order valence-electron chi connectivity index (χ4n) is 2.07. The normalized spacial score (nSPS) is 11.6. The Balaban J connectivity index is 2.32. The van der Waals surface area contributed by atoms with Crippen molar-refractivity contribution in [3.63, 3.8) is 0 Å². The summed E-state index contributed by atoms with van der Waals surface area (Å²) in [6.07, 6.45) is 0.915. The van der Waals surface area contributed by atoms with E-state index in [2.05, 4.69) is 35.5 Å². The highest BCUT2D eigenvalue weighted by Gasteiger charge is 2.05. The number of para-hydroxylation sites is 1. The lowest BCUT2D eigenvalue weighted by atomic mass is 10.2. The van der Waals surface area contributed by atoms with Gasteiger partial charge in [0, 0.05) is 39.4 Å². The lowest BCUT2D eigenvalue weighted by Gasteiger charge is -2.15. The number of methoxy groups -OCH3 is 1. The third-order valence-electron chi connectivity index (χ3n) is 3.40. The molecule has 0 aromatic heterocycles. The Hall–Kier alpha value is -1.79. The van der Waals surface area contributed by atoms with E-state index in [0.717, 1.165) is 30.2 Å². The molecular formula is C19H33N3O3. The van der Waals surface area contributed by atoms with Gasteiger partial charge < -0.3 is 24.8 Å². The molecule has 6 nitrogen and oxygen atoms in total. The van der Waals surface area contributed by atoms with Gasteiger partial charge in [-0.3, -0.25) is 4.99 Å². The summed E-state index contributed by atoms with van der Waals surface area (Å²) in [7, 11) is 3.44. The monoisotopic (exact) mass is 351 g/mol. The second kappa shape index (κ2) is 13.5. The van der Waals surface area contributed by atoms with Gasteiger partial charge in [-0.1, -0.05) is 32.0 Å². The molecule has 0 amide bonds. The number of nitrogens with one attached hydrogen (secondary N) is 2. The average Bonchev–Trinajstić information content (AvgIpc) is 2.62. The minimum atomic E-state index is 0.501. The van der Waals surface area contributed by atoms with E-state index in [4.69, 9.17) is 14.2 Å². The molecule has 0 saturated heterocycles. The van der Waals surface area contributed by atoms with Gasteiger partial charge in [-0.15, -0.1) is 0 Å². The molecule has 1 aromatic rings. The first-order valence-corrected chi connectivity index (χ1v) is 8.89. The second-order valence-corrected chi connectivity index (χ2v) is 6.12. The molecule has 0 aliphatic carbocycles. The fraction of sp³-hybridized carbons (Fsp3) is 0.632. The highest BCUT2D eigenvalue weighted by Crippen LogP contribution is 2.18. The molecule has 1 rings (SSSR count). The van der Waals surface area contributed by atoms with Crippen LogP contribution < -0.4 is 15.4 Å². The van der Waals surface area contributed by atoms with Crippen LogP contribution in [0.3, 0.4) is 0 Å². The molecule has 0 heterocycles. The van der Waals surface area contributed by atoms with Gasteiger partial charge >= 0.3 is 0 Å². The molecule has 0 unspecified atom stereocenters. The maximum absolute atomic E-state index is 5.88. The topological polar surface area (TPSA) is 64.1 Å². The van der Waals surface area contributed by atoms with Crippen LogP contribution in [0.4, 0.5) is 0 Å². The maximum Gasteiger partial charge on any atom is 0.191 e. The van der Waals surface area contributed by atoms with Crippen LogP contribution in [0, 0.1) is 5.92 Å². The van der Waals surface area contributed by atoms with Crippen LogP contribution in [0.5, 0.6) is 5.75 Å². The summed E-state index contributed by atoms with van der Waals surface area (Å²) in [6.45, 7) is 8.45. The van der Waals surface area contributed by atoms with Crippen LogP contribution in [-0.4, -0.2) is 53.1 Å². The van der Waals surface area contributed by atoms with E-state index >= 15 is 0 Å². The molecule has 6 heteroatoms. The Bertz CT molecular complexity index is 493. The molecule has 0 spiro atoms. The predicted molar refractivity (Wildman–Crippen MR) is 102 cm³/mol. The van der Waals surface area contributed by atoms with Crippen LogP contribution in [0.2, 0.25) is 0 Å². The lowest BCUT2D eigenvalue weighted by molar-refractivity contribution is 0.0698. The van der Waals surface area contributed by atoms with Crippen molar-refractivity contribution in [2.24, 2.45) is 10.9 Å². The lowest BCUT2D eigenvalue weighted by Crippen LogP contribution is -2.37.